The van der Waals surface area contributed by atoms with Gasteiger partial charge in [0, 0.05) is 10.5 Å². The maximum absolute atomic E-state index is 13.0. The van der Waals surface area contributed by atoms with E-state index in [0.717, 1.165) is 32.4 Å². The van der Waals surface area contributed by atoms with E-state index in [1.54, 1.807) is 6.07 Å². The van der Waals surface area contributed by atoms with Gasteiger partial charge >= 0.3 is 0 Å². The molecule has 0 heterocycles. The average Bonchev–Trinajstić information content (AvgIpc) is 2.26. The number of nitrogens with one attached hydrogen (secondary N) is 1. The molecule has 0 bridgehead atoms. The zero-order valence-corrected chi connectivity index (χ0v) is 11.7. The second-order valence-electron chi connectivity index (χ2n) is 3.91. The van der Waals surface area contributed by atoms with Crippen molar-refractivity contribution in [2.45, 2.75) is 26.2 Å². The van der Waals surface area contributed by atoms with Crippen molar-refractivity contribution >= 4 is 15.9 Å². The van der Waals surface area contributed by atoms with Crippen LogP contribution in [0.5, 0.6) is 5.75 Å². The summed E-state index contributed by atoms with van der Waals surface area (Å²) in [6.45, 7) is 4.86. The van der Waals surface area contributed by atoms with Crippen LogP contribution in [-0.2, 0) is 0 Å². The molecule has 17 heavy (non-hydrogen) atoms. The van der Waals surface area contributed by atoms with Crippen LogP contribution < -0.4 is 10.1 Å². The van der Waals surface area contributed by atoms with Gasteiger partial charge in [0.05, 0.1) is 6.61 Å². The molecule has 0 spiro atoms. The Labute approximate surface area is 111 Å². The Morgan fingerprint density at radius 2 is 2.06 bits per heavy atom. The third-order valence-corrected chi connectivity index (χ3v) is 2.74. The van der Waals surface area contributed by atoms with E-state index in [-0.39, 0.29) is 5.82 Å². The van der Waals surface area contributed by atoms with Crippen LogP contribution in [0.25, 0.3) is 0 Å². The predicted octanol–water partition coefficient (Wildman–Crippen LogP) is 3.75. The van der Waals surface area contributed by atoms with E-state index in [1.807, 2.05) is 0 Å². The van der Waals surface area contributed by atoms with Crippen molar-refractivity contribution in [3.05, 3.63) is 28.5 Å². The minimum absolute atomic E-state index is 0.279. The molecule has 1 rings (SSSR count). The van der Waals surface area contributed by atoms with E-state index in [1.165, 1.54) is 12.1 Å². The van der Waals surface area contributed by atoms with Gasteiger partial charge in [-0.15, -0.1) is 0 Å². The van der Waals surface area contributed by atoms with Crippen LogP contribution in [0.4, 0.5) is 4.39 Å². The number of ether oxygens (including phenoxy) is 1. The third-order valence-electron chi connectivity index (χ3n) is 2.28. The molecule has 0 amide bonds. The molecule has 2 nitrogen and oxygen atoms in total. The molecular weight excluding hydrogens is 285 g/mol. The fraction of sp³-hybridized carbons (Fsp3) is 0.538. The summed E-state index contributed by atoms with van der Waals surface area (Å²) in [5.74, 6) is 0.303. The van der Waals surface area contributed by atoms with Crippen LogP contribution in [0.2, 0.25) is 0 Å². The number of unbranched alkanes of at least 4 members (excludes halogenated alkanes) is 1. The molecular formula is C13H19BrFNO. The van der Waals surface area contributed by atoms with Gasteiger partial charge in [-0.2, -0.15) is 0 Å². The molecule has 0 aliphatic heterocycles. The molecule has 0 saturated heterocycles. The Morgan fingerprint density at radius 1 is 1.24 bits per heavy atom. The van der Waals surface area contributed by atoms with E-state index in [0.29, 0.717) is 16.8 Å². The summed E-state index contributed by atoms with van der Waals surface area (Å²) in [6.07, 6.45) is 3.22. The molecule has 0 radical (unpaired) electrons. The Balaban J connectivity index is 2.13. The maximum Gasteiger partial charge on any atom is 0.128 e. The van der Waals surface area contributed by atoms with E-state index in [4.69, 9.17) is 4.74 Å². The van der Waals surface area contributed by atoms with Crippen LogP contribution in [0.1, 0.15) is 26.2 Å². The standard InChI is InChI=1S/C13H19BrFNO/c1-2-5-16-6-3-4-7-17-13-9-11(14)8-12(15)10-13/h8-10,16H,2-7H2,1H3. The lowest BCUT2D eigenvalue weighted by molar-refractivity contribution is 0.304. The lowest BCUT2D eigenvalue weighted by atomic mass is 10.3. The molecule has 0 aliphatic carbocycles. The lowest BCUT2D eigenvalue weighted by Gasteiger charge is -2.07. The first-order valence-electron chi connectivity index (χ1n) is 6.02. The topological polar surface area (TPSA) is 21.3 Å². The summed E-state index contributed by atoms with van der Waals surface area (Å²) in [5, 5.41) is 3.33. The first-order chi connectivity index (χ1) is 8.22. The number of rotatable bonds is 8. The van der Waals surface area contributed by atoms with Gasteiger partial charge in [0.2, 0.25) is 0 Å². The Bertz CT molecular complexity index is 313. The summed E-state index contributed by atoms with van der Waals surface area (Å²) >= 11 is 3.23. The number of hydrogen-bond donors (Lipinski definition) is 1. The molecule has 1 aromatic carbocycles. The van der Waals surface area contributed by atoms with Crippen molar-refractivity contribution in [3.8, 4) is 5.75 Å². The molecule has 0 aromatic heterocycles. The quantitative estimate of drug-likeness (QED) is 0.739. The largest absolute Gasteiger partial charge is 0.493 e. The Hall–Kier alpha value is -0.610. The van der Waals surface area contributed by atoms with Crippen LogP contribution >= 0.6 is 15.9 Å². The van der Waals surface area contributed by atoms with Crippen molar-refractivity contribution in [2.24, 2.45) is 0 Å². The molecule has 0 unspecified atom stereocenters. The molecule has 1 N–H and O–H groups in total. The third kappa shape index (κ3) is 6.64. The van der Waals surface area contributed by atoms with Gasteiger partial charge in [-0.25, -0.2) is 4.39 Å². The van der Waals surface area contributed by atoms with E-state index >= 15 is 0 Å². The van der Waals surface area contributed by atoms with Gasteiger partial charge in [0.1, 0.15) is 11.6 Å². The van der Waals surface area contributed by atoms with Crippen molar-refractivity contribution in [1.82, 2.24) is 5.32 Å². The molecule has 0 saturated carbocycles. The molecule has 0 fully saturated rings. The fourth-order valence-corrected chi connectivity index (χ4v) is 1.90. The van der Waals surface area contributed by atoms with Crippen molar-refractivity contribution in [2.75, 3.05) is 19.7 Å². The number of benzene rings is 1. The Morgan fingerprint density at radius 3 is 2.76 bits per heavy atom. The molecule has 96 valence electrons. The summed E-state index contributed by atoms with van der Waals surface area (Å²) in [5.41, 5.74) is 0. The predicted molar refractivity (Wildman–Crippen MR) is 72.0 cm³/mol. The highest BCUT2D eigenvalue weighted by molar-refractivity contribution is 9.10. The number of hydrogen-bond acceptors (Lipinski definition) is 2. The zero-order chi connectivity index (χ0) is 12.5. The van der Waals surface area contributed by atoms with Crippen LogP contribution in [0.15, 0.2) is 22.7 Å². The number of halogens is 2. The lowest BCUT2D eigenvalue weighted by Crippen LogP contribution is -2.16. The monoisotopic (exact) mass is 303 g/mol. The molecule has 4 heteroatoms. The molecule has 1 aromatic rings. The van der Waals surface area contributed by atoms with Crippen molar-refractivity contribution < 1.29 is 9.13 Å². The average molecular weight is 304 g/mol. The van der Waals surface area contributed by atoms with Gasteiger partial charge in [-0.1, -0.05) is 22.9 Å². The van der Waals surface area contributed by atoms with E-state index in [2.05, 4.69) is 28.2 Å². The van der Waals surface area contributed by atoms with Gasteiger partial charge in [-0.05, 0) is 44.5 Å². The summed E-state index contributed by atoms with van der Waals surface area (Å²) in [6, 6.07) is 4.60. The van der Waals surface area contributed by atoms with Crippen LogP contribution in [-0.4, -0.2) is 19.7 Å². The van der Waals surface area contributed by atoms with Crippen LogP contribution in [0, 0.1) is 5.82 Å². The minimum atomic E-state index is -0.279. The van der Waals surface area contributed by atoms with E-state index in [9.17, 15) is 4.39 Å². The molecule has 0 aliphatic rings. The maximum atomic E-state index is 13.0. The van der Waals surface area contributed by atoms with Crippen molar-refractivity contribution in [3.63, 3.8) is 0 Å². The first-order valence-corrected chi connectivity index (χ1v) is 6.81. The van der Waals surface area contributed by atoms with Crippen LogP contribution in [0.3, 0.4) is 0 Å². The van der Waals surface area contributed by atoms with Gasteiger partial charge in [0.15, 0.2) is 0 Å². The van der Waals surface area contributed by atoms with Gasteiger partial charge in [-0.3, -0.25) is 0 Å². The summed E-state index contributed by atoms with van der Waals surface area (Å²) < 4.78 is 19.2. The Kier molecular flexibility index (Phi) is 7.21. The smallest absolute Gasteiger partial charge is 0.128 e. The highest BCUT2D eigenvalue weighted by Crippen LogP contribution is 2.20. The SMILES string of the molecule is CCCNCCCCOc1cc(F)cc(Br)c1. The molecule has 0 atom stereocenters. The van der Waals surface area contributed by atoms with Gasteiger partial charge in [0.25, 0.3) is 0 Å². The highest BCUT2D eigenvalue weighted by Gasteiger charge is 1.99. The first kappa shape index (κ1) is 14.5. The van der Waals surface area contributed by atoms with Gasteiger partial charge < -0.3 is 10.1 Å². The minimum Gasteiger partial charge on any atom is -0.493 e. The normalized spacial score (nSPS) is 10.5. The summed E-state index contributed by atoms with van der Waals surface area (Å²) in [7, 11) is 0. The zero-order valence-electron chi connectivity index (χ0n) is 10.1. The second kappa shape index (κ2) is 8.48. The van der Waals surface area contributed by atoms with Crippen molar-refractivity contribution in [1.29, 1.82) is 0 Å². The fourth-order valence-electron chi connectivity index (χ4n) is 1.46. The summed E-state index contributed by atoms with van der Waals surface area (Å²) in [4.78, 5) is 0. The highest BCUT2D eigenvalue weighted by atomic mass is 79.9. The van der Waals surface area contributed by atoms with E-state index < -0.39 is 0 Å². The second-order valence-corrected chi connectivity index (χ2v) is 4.83.